The Balaban J connectivity index is 2.03. The summed E-state index contributed by atoms with van der Waals surface area (Å²) in [6.45, 7) is 5.61. The first-order valence-electron chi connectivity index (χ1n) is 7.04. The fraction of sp³-hybridized carbons (Fsp3) is 0.600. The maximum absolute atomic E-state index is 12.2. The number of rotatable bonds is 6. The molecule has 6 nitrogen and oxygen atoms in total. The number of benzene rings is 1. The van der Waals surface area contributed by atoms with Crippen molar-refractivity contribution in [3.05, 3.63) is 29.8 Å². The van der Waals surface area contributed by atoms with Crippen LogP contribution in [-0.4, -0.2) is 46.7 Å². The van der Waals surface area contributed by atoms with Crippen molar-refractivity contribution in [1.82, 2.24) is 0 Å². The van der Waals surface area contributed by atoms with Gasteiger partial charge in [-0.05, 0) is 32.9 Å². The molecule has 0 saturated carbocycles. The SMILES string of the molecule is COC[C@H]1OC(C)(C)O[C@@H]1COS(=O)(=O)c1ccc(C)cc1. The molecule has 0 bridgehead atoms. The van der Waals surface area contributed by atoms with Gasteiger partial charge in [0.05, 0.1) is 18.1 Å². The van der Waals surface area contributed by atoms with E-state index in [0.29, 0.717) is 6.61 Å². The van der Waals surface area contributed by atoms with E-state index >= 15 is 0 Å². The lowest BCUT2D eigenvalue weighted by atomic mass is 10.2. The molecule has 2 rings (SSSR count). The van der Waals surface area contributed by atoms with Crippen molar-refractivity contribution in [2.75, 3.05) is 20.3 Å². The molecule has 0 N–H and O–H groups in total. The van der Waals surface area contributed by atoms with E-state index in [0.717, 1.165) is 5.56 Å². The van der Waals surface area contributed by atoms with Gasteiger partial charge in [-0.3, -0.25) is 4.18 Å². The average Bonchev–Trinajstić information content (AvgIpc) is 2.72. The van der Waals surface area contributed by atoms with Crippen LogP contribution in [-0.2, 0) is 28.5 Å². The third kappa shape index (κ3) is 4.27. The van der Waals surface area contributed by atoms with E-state index in [1.165, 1.54) is 12.1 Å². The van der Waals surface area contributed by atoms with Crippen molar-refractivity contribution in [2.45, 2.75) is 43.7 Å². The zero-order valence-corrected chi connectivity index (χ0v) is 14.1. The van der Waals surface area contributed by atoms with Crippen LogP contribution in [0.1, 0.15) is 19.4 Å². The van der Waals surface area contributed by atoms with Crippen LogP contribution in [0.3, 0.4) is 0 Å². The summed E-state index contributed by atoms with van der Waals surface area (Å²) in [4.78, 5) is 0.125. The van der Waals surface area contributed by atoms with E-state index in [1.54, 1.807) is 33.1 Å². The largest absolute Gasteiger partial charge is 0.382 e. The lowest BCUT2D eigenvalue weighted by Gasteiger charge is -2.16. The van der Waals surface area contributed by atoms with Crippen LogP contribution >= 0.6 is 0 Å². The van der Waals surface area contributed by atoms with Gasteiger partial charge in [-0.2, -0.15) is 8.42 Å². The van der Waals surface area contributed by atoms with Crippen molar-refractivity contribution in [2.24, 2.45) is 0 Å². The molecular formula is C15H22O6S. The Kier molecular flexibility index (Phi) is 5.24. The second-order valence-corrected chi connectivity index (χ2v) is 7.33. The molecule has 0 aliphatic carbocycles. The lowest BCUT2D eigenvalue weighted by Crippen LogP contribution is -2.32. The molecule has 1 fully saturated rings. The highest BCUT2D eigenvalue weighted by molar-refractivity contribution is 7.86. The Morgan fingerprint density at radius 2 is 1.64 bits per heavy atom. The molecule has 0 radical (unpaired) electrons. The maximum atomic E-state index is 12.2. The molecule has 0 unspecified atom stereocenters. The van der Waals surface area contributed by atoms with Crippen LogP contribution in [0.5, 0.6) is 0 Å². The Morgan fingerprint density at radius 3 is 2.18 bits per heavy atom. The van der Waals surface area contributed by atoms with Gasteiger partial charge in [-0.15, -0.1) is 0 Å². The first-order valence-corrected chi connectivity index (χ1v) is 8.45. The average molecular weight is 330 g/mol. The fourth-order valence-corrected chi connectivity index (χ4v) is 3.20. The minimum Gasteiger partial charge on any atom is -0.382 e. The maximum Gasteiger partial charge on any atom is 0.297 e. The molecule has 0 aromatic heterocycles. The third-order valence-corrected chi connectivity index (χ3v) is 4.61. The minimum atomic E-state index is -3.82. The van der Waals surface area contributed by atoms with Crippen molar-refractivity contribution in [3.63, 3.8) is 0 Å². The smallest absolute Gasteiger partial charge is 0.297 e. The highest BCUT2D eigenvalue weighted by Crippen LogP contribution is 2.29. The Hall–Kier alpha value is -0.990. The van der Waals surface area contributed by atoms with Crippen LogP contribution in [0.25, 0.3) is 0 Å². The second kappa shape index (κ2) is 6.64. The molecular weight excluding hydrogens is 308 g/mol. The van der Waals surface area contributed by atoms with Gasteiger partial charge in [0.2, 0.25) is 0 Å². The molecule has 1 aromatic rings. The second-order valence-electron chi connectivity index (χ2n) is 5.72. The molecule has 2 atom stereocenters. The van der Waals surface area contributed by atoms with Crippen LogP contribution < -0.4 is 0 Å². The number of hydrogen-bond donors (Lipinski definition) is 0. The summed E-state index contributed by atoms with van der Waals surface area (Å²) in [7, 11) is -2.27. The molecule has 1 heterocycles. The standard InChI is InChI=1S/C15H22O6S/c1-11-5-7-12(8-6-11)22(16,17)19-10-14-13(9-18-4)20-15(2,3)21-14/h5-8,13-14H,9-10H2,1-4H3/t13-,14-/m1/s1. The fourth-order valence-electron chi connectivity index (χ4n) is 2.29. The van der Waals surface area contributed by atoms with E-state index in [2.05, 4.69) is 0 Å². The Morgan fingerprint density at radius 1 is 1.09 bits per heavy atom. The van der Waals surface area contributed by atoms with E-state index in [9.17, 15) is 8.42 Å². The molecule has 7 heteroatoms. The Labute approximate surface area is 131 Å². The number of ether oxygens (including phenoxy) is 3. The van der Waals surface area contributed by atoms with E-state index in [1.807, 2.05) is 6.92 Å². The minimum absolute atomic E-state index is 0.117. The monoisotopic (exact) mass is 330 g/mol. The van der Waals surface area contributed by atoms with E-state index in [4.69, 9.17) is 18.4 Å². The number of aryl methyl sites for hydroxylation is 1. The van der Waals surface area contributed by atoms with Gasteiger partial charge in [-0.25, -0.2) is 0 Å². The van der Waals surface area contributed by atoms with Gasteiger partial charge < -0.3 is 14.2 Å². The van der Waals surface area contributed by atoms with Crippen LogP contribution in [0.2, 0.25) is 0 Å². The van der Waals surface area contributed by atoms with Crippen molar-refractivity contribution < 1.29 is 26.8 Å². The van der Waals surface area contributed by atoms with Crippen molar-refractivity contribution >= 4 is 10.1 Å². The summed E-state index contributed by atoms with van der Waals surface area (Å²) in [5.74, 6) is -0.787. The van der Waals surface area contributed by atoms with Gasteiger partial charge >= 0.3 is 0 Å². The summed E-state index contributed by atoms with van der Waals surface area (Å²) in [6.07, 6.45) is -0.872. The van der Waals surface area contributed by atoms with E-state index in [-0.39, 0.29) is 17.6 Å². The zero-order valence-electron chi connectivity index (χ0n) is 13.2. The molecule has 1 aliphatic heterocycles. The Bertz CT molecular complexity index is 593. The lowest BCUT2D eigenvalue weighted by molar-refractivity contribution is -0.151. The van der Waals surface area contributed by atoms with Gasteiger partial charge in [-0.1, -0.05) is 17.7 Å². The summed E-state index contributed by atoms with van der Waals surface area (Å²) in [6, 6.07) is 6.49. The topological polar surface area (TPSA) is 71.1 Å². The molecule has 124 valence electrons. The predicted octanol–water partition coefficient (Wildman–Crippen LogP) is 1.87. The molecule has 1 saturated heterocycles. The molecule has 0 amide bonds. The summed E-state index contributed by atoms with van der Waals surface area (Å²) < 4.78 is 45.9. The summed E-state index contributed by atoms with van der Waals surface area (Å²) in [5, 5.41) is 0. The normalized spacial score (nSPS) is 24.5. The predicted molar refractivity (Wildman–Crippen MR) is 80.0 cm³/mol. The van der Waals surface area contributed by atoms with Crippen LogP contribution in [0.4, 0.5) is 0 Å². The van der Waals surface area contributed by atoms with Gasteiger partial charge in [0.1, 0.15) is 12.2 Å². The quantitative estimate of drug-likeness (QED) is 0.742. The summed E-state index contributed by atoms with van der Waals surface area (Å²) >= 11 is 0. The molecule has 1 aliphatic rings. The molecule has 0 spiro atoms. The first-order chi connectivity index (χ1) is 10.2. The van der Waals surface area contributed by atoms with Crippen molar-refractivity contribution in [3.8, 4) is 0 Å². The van der Waals surface area contributed by atoms with E-state index < -0.39 is 22.0 Å². The number of hydrogen-bond acceptors (Lipinski definition) is 6. The van der Waals surface area contributed by atoms with Gasteiger partial charge in [0.15, 0.2) is 5.79 Å². The van der Waals surface area contributed by atoms with Crippen LogP contribution in [0, 0.1) is 6.92 Å². The first kappa shape index (κ1) is 17.4. The molecule has 22 heavy (non-hydrogen) atoms. The van der Waals surface area contributed by atoms with Gasteiger partial charge in [0, 0.05) is 7.11 Å². The summed E-state index contributed by atoms with van der Waals surface area (Å²) in [5.41, 5.74) is 0.980. The van der Waals surface area contributed by atoms with Crippen LogP contribution in [0.15, 0.2) is 29.2 Å². The highest BCUT2D eigenvalue weighted by Gasteiger charge is 2.42. The molecule has 1 aromatic carbocycles. The zero-order chi connectivity index (χ0) is 16.4. The van der Waals surface area contributed by atoms with Crippen molar-refractivity contribution in [1.29, 1.82) is 0 Å². The third-order valence-electron chi connectivity index (χ3n) is 3.31. The number of methoxy groups -OCH3 is 1. The van der Waals surface area contributed by atoms with Gasteiger partial charge in [0.25, 0.3) is 10.1 Å². The highest BCUT2D eigenvalue weighted by atomic mass is 32.2.